The summed E-state index contributed by atoms with van der Waals surface area (Å²) >= 11 is 5.86. The average molecular weight is 374 g/mol. The maximum atomic E-state index is 12.3. The Morgan fingerprint density at radius 3 is 2.77 bits per heavy atom. The van der Waals surface area contributed by atoms with E-state index in [9.17, 15) is 4.79 Å². The lowest BCUT2D eigenvalue weighted by molar-refractivity contribution is -0.148. The van der Waals surface area contributed by atoms with Gasteiger partial charge in [-0.2, -0.15) is 0 Å². The molecule has 0 bridgehead atoms. The van der Waals surface area contributed by atoms with Gasteiger partial charge in [-0.1, -0.05) is 12.1 Å². The van der Waals surface area contributed by atoms with Crippen molar-refractivity contribution >= 4 is 17.5 Å². The van der Waals surface area contributed by atoms with E-state index < -0.39 is 0 Å². The molecule has 1 aliphatic rings. The van der Waals surface area contributed by atoms with E-state index in [1.165, 1.54) is 5.56 Å². The molecule has 1 aliphatic heterocycles. The molecule has 1 aromatic heterocycles. The van der Waals surface area contributed by atoms with E-state index in [4.69, 9.17) is 16.3 Å². The zero-order valence-electron chi connectivity index (χ0n) is 15.4. The minimum atomic E-state index is 0.194. The molecule has 0 aliphatic carbocycles. The maximum Gasteiger partial charge on any atom is 0.223 e. The molecule has 0 unspecified atom stereocenters. The van der Waals surface area contributed by atoms with Crippen molar-refractivity contribution in [3.8, 4) is 11.3 Å². The number of benzene rings is 1. The molecule has 1 aromatic carbocycles. The first-order valence-electron chi connectivity index (χ1n) is 8.94. The van der Waals surface area contributed by atoms with Crippen molar-refractivity contribution in [3.05, 3.63) is 46.9 Å². The lowest BCUT2D eigenvalue weighted by Gasteiger charge is -2.40. The third kappa shape index (κ3) is 4.59. The highest BCUT2D eigenvalue weighted by Gasteiger charge is 2.31. The van der Waals surface area contributed by atoms with Gasteiger partial charge in [0.25, 0.3) is 0 Å². The van der Waals surface area contributed by atoms with E-state index in [1.54, 1.807) is 6.20 Å². The molecular weight excluding hydrogens is 350 g/mol. The van der Waals surface area contributed by atoms with Crippen molar-refractivity contribution in [2.24, 2.45) is 0 Å². The number of rotatable bonds is 6. The minimum absolute atomic E-state index is 0.194. The smallest absolute Gasteiger partial charge is 0.223 e. The summed E-state index contributed by atoms with van der Waals surface area (Å²) in [6, 6.07) is 7.99. The van der Waals surface area contributed by atoms with Gasteiger partial charge in [-0.25, -0.2) is 9.97 Å². The molecule has 1 fully saturated rings. The monoisotopic (exact) mass is 373 g/mol. The van der Waals surface area contributed by atoms with Crippen molar-refractivity contribution in [1.82, 2.24) is 14.9 Å². The van der Waals surface area contributed by atoms with E-state index in [1.807, 2.05) is 30.9 Å². The molecule has 0 saturated carbocycles. The number of aryl methyl sites for hydroxylation is 2. The molecule has 0 radical (unpaired) electrons. The predicted molar refractivity (Wildman–Crippen MR) is 102 cm³/mol. The van der Waals surface area contributed by atoms with Crippen LogP contribution >= 0.6 is 11.6 Å². The Hall–Kier alpha value is -1.98. The van der Waals surface area contributed by atoms with Crippen LogP contribution in [0.4, 0.5) is 0 Å². The van der Waals surface area contributed by atoms with Crippen LogP contribution in [-0.4, -0.2) is 46.1 Å². The van der Waals surface area contributed by atoms with Crippen LogP contribution < -0.4 is 0 Å². The second-order valence-electron chi connectivity index (χ2n) is 6.96. The van der Waals surface area contributed by atoms with Crippen LogP contribution in [-0.2, 0) is 16.0 Å². The van der Waals surface area contributed by atoms with Crippen molar-refractivity contribution in [2.75, 3.05) is 13.1 Å². The van der Waals surface area contributed by atoms with Gasteiger partial charge in [-0.15, -0.1) is 0 Å². The number of halogens is 1. The second-order valence-corrected chi connectivity index (χ2v) is 7.30. The first-order valence-corrected chi connectivity index (χ1v) is 9.32. The first kappa shape index (κ1) is 18.8. The molecule has 2 aromatic rings. The van der Waals surface area contributed by atoms with Crippen LogP contribution in [0.3, 0.4) is 0 Å². The Kier molecular flexibility index (Phi) is 5.89. The Morgan fingerprint density at radius 2 is 2.12 bits per heavy atom. The molecular formula is C20H24ClN3O2. The van der Waals surface area contributed by atoms with Gasteiger partial charge >= 0.3 is 0 Å². The van der Waals surface area contributed by atoms with Crippen LogP contribution in [0.5, 0.6) is 0 Å². The number of hydrogen-bond acceptors (Lipinski definition) is 4. The molecule has 3 rings (SSSR count). The molecule has 26 heavy (non-hydrogen) atoms. The van der Waals surface area contributed by atoms with E-state index >= 15 is 0 Å². The number of nitrogens with zero attached hydrogens (tertiary/aromatic N) is 3. The van der Waals surface area contributed by atoms with Crippen LogP contribution in [0.25, 0.3) is 11.3 Å². The third-order valence-electron chi connectivity index (χ3n) is 4.54. The third-order valence-corrected chi connectivity index (χ3v) is 4.72. The van der Waals surface area contributed by atoms with Crippen molar-refractivity contribution in [3.63, 3.8) is 0 Å². The summed E-state index contributed by atoms with van der Waals surface area (Å²) in [6.45, 7) is 7.52. The van der Waals surface area contributed by atoms with Gasteiger partial charge in [0.2, 0.25) is 11.2 Å². The molecule has 6 heteroatoms. The lowest BCUT2D eigenvalue weighted by atomic mass is 9.99. The summed E-state index contributed by atoms with van der Waals surface area (Å²) in [5.41, 5.74) is 4.12. The van der Waals surface area contributed by atoms with Crippen molar-refractivity contribution in [2.45, 2.75) is 45.8 Å². The van der Waals surface area contributed by atoms with Crippen LogP contribution in [0, 0.1) is 6.92 Å². The van der Waals surface area contributed by atoms with Crippen molar-refractivity contribution in [1.29, 1.82) is 0 Å². The fourth-order valence-electron chi connectivity index (χ4n) is 3.14. The minimum Gasteiger partial charge on any atom is -0.372 e. The summed E-state index contributed by atoms with van der Waals surface area (Å²) in [5.74, 6) is 0.194. The molecule has 0 atom stereocenters. The number of carbonyl (C=O) groups is 1. The SMILES string of the molecule is Cc1cc(-c2ccnc(Cl)n2)ccc1CCC(=O)N1CC(OC(C)C)C1. The number of aromatic nitrogens is 2. The van der Waals surface area contributed by atoms with Crippen molar-refractivity contribution < 1.29 is 9.53 Å². The zero-order chi connectivity index (χ0) is 18.7. The second kappa shape index (κ2) is 8.14. The largest absolute Gasteiger partial charge is 0.372 e. The Bertz CT molecular complexity index is 788. The van der Waals surface area contributed by atoms with E-state index in [2.05, 4.69) is 29.0 Å². The summed E-state index contributed by atoms with van der Waals surface area (Å²) in [6.07, 6.45) is 3.31. The van der Waals surface area contributed by atoms with Gasteiger partial charge < -0.3 is 9.64 Å². The van der Waals surface area contributed by atoms with Gasteiger partial charge in [-0.3, -0.25) is 4.79 Å². The maximum absolute atomic E-state index is 12.3. The van der Waals surface area contributed by atoms with Crippen LogP contribution in [0.2, 0.25) is 5.28 Å². The van der Waals surface area contributed by atoms with Crippen LogP contribution in [0.15, 0.2) is 30.5 Å². The fourth-order valence-corrected chi connectivity index (χ4v) is 3.29. The predicted octanol–water partition coefficient (Wildman–Crippen LogP) is 3.67. The number of ether oxygens (including phenoxy) is 1. The van der Waals surface area contributed by atoms with E-state index in [0.717, 1.165) is 23.2 Å². The van der Waals surface area contributed by atoms with Crippen LogP contribution in [0.1, 0.15) is 31.4 Å². The summed E-state index contributed by atoms with van der Waals surface area (Å²) in [4.78, 5) is 22.3. The van der Waals surface area contributed by atoms with Gasteiger partial charge in [-0.05, 0) is 62.1 Å². The topological polar surface area (TPSA) is 55.3 Å². The van der Waals surface area contributed by atoms with Gasteiger partial charge in [0.15, 0.2) is 0 Å². The summed E-state index contributed by atoms with van der Waals surface area (Å²) < 4.78 is 5.70. The Balaban J connectivity index is 1.55. The standard InChI is InChI=1S/C20H24ClN3O2/c1-13(2)26-17-11-24(12-17)19(25)7-6-15-4-5-16(10-14(15)3)18-8-9-22-20(21)23-18/h4-5,8-10,13,17H,6-7,11-12H2,1-3H3. The molecule has 5 nitrogen and oxygen atoms in total. The van der Waals surface area contributed by atoms with Gasteiger partial charge in [0.05, 0.1) is 17.9 Å². The van der Waals surface area contributed by atoms with Gasteiger partial charge in [0.1, 0.15) is 0 Å². The quantitative estimate of drug-likeness (QED) is 0.725. The molecule has 0 spiro atoms. The zero-order valence-corrected chi connectivity index (χ0v) is 16.2. The Morgan fingerprint density at radius 1 is 1.35 bits per heavy atom. The number of hydrogen-bond donors (Lipinski definition) is 0. The van der Waals surface area contributed by atoms with E-state index in [0.29, 0.717) is 19.5 Å². The molecule has 1 saturated heterocycles. The number of likely N-dealkylation sites (tertiary alicyclic amines) is 1. The van der Waals surface area contributed by atoms with Gasteiger partial charge in [0, 0.05) is 31.3 Å². The lowest BCUT2D eigenvalue weighted by Crippen LogP contribution is -2.55. The molecule has 2 heterocycles. The highest BCUT2D eigenvalue weighted by Crippen LogP contribution is 2.23. The molecule has 0 N–H and O–H groups in total. The first-order chi connectivity index (χ1) is 12.4. The normalized spacial score (nSPS) is 14.6. The fraction of sp³-hybridized carbons (Fsp3) is 0.450. The highest BCUT2D eigenvalue weighted by molar-refractivity contribution is 6.28. The number of carbonyl (C=O) groups excluding carboxylic acids is 1. The molecule has 1 amide bonds. The molecule has 138 valence electrons. The Labute approximate surface area is 159 Å². The summed E-state index contributed by atoms with van der Waals surface area (Å²) in [7, 11) is 0. The average Bonchev–Trinajstić information content (AvgIpc) is 2.56. The highest BCUT2D eigenvalue weighted by atomic mass is 35.5. The number of amides is 1. The summed E-state index contributed by atoms with van der Waals surface area (Å²) in [5, 5.41) is 0.240. The van der Waals surface area contributed by atoms with E-state index in [-0.39, 0.29) is 23.4 Å².